The van der Waals surface area contributed by atoms with E-state index in [4.69, 9.17) is 46.4 Å². The Hall–Kier alpha value is -0.730. The molecule has 102 valence electrons. The highest BCUT2D eigenvalue weighted by molar-refractivity contribution is 6.59. The monoisotopic (exact) mass is 344 g/mol. The van der Waals surface area contributed by atoms with Gasteiger partial charge in [0.15, 0.2) is 5.78 Å². The number of fused-ring (bicyclic) bond motifs is 1. The molecule has 0 N–H and O–H groups in total. The first kappa shape index (κ1) is 14.2. The van der Waals surface area contributed by atoms with Crippen LogP contribution >= 0.6 is 46.4 Å². The smallest absolute Gasteiger partial charge is 0.202 e. The quantitative estimate of drug-likeness (QED) is 0.637. The Kier molecular flexibility index (Phi) is 3.50. The Morgan fingerprint density at radius 2 is 1.50 bits per heavy atom. The maximum absolute atomic E-state index is 12.6. The number of carbonyl (C=O) groups excluding carboxylic acids is 1. The summed E-state index contributed by atoms with van der Waals surface area (Å²) in [4.78, 5) is 12.6. The van der Waals surface area contributed by atoms with E-state index < -0.39 is 10.3 Å². The molecular weight excluding hydrogens is 338 g/mol. The first-order valence-electron chi connectivity index (χ1n) is 5.90. The molecule has 0 amide bonds. The fourth-order valence-electron chi connectivity index (χ4n) is 2.56. The van der Waals surface area contributed by atoms with Crippen LogP contribution in [-0.2, 0) is 9.13 Å². The molecule has 1 unspecified atom stereocenters. The predicted octanol–water partition coefficient (Wildman–Crippen LogP) is 5.34. The average Bonchev–Trinajstić information content (AvgIpc) is 2.60. The number of hydrogen-bond donors (Lipinski definition) is 0. The topological polar surface area (TPSA) is 17.1 Å². The second kappa shape index (κ2) is 4.92. The third kappa shape index (κ3) is 1.96. The molecule has 0 aliphatic heterocycles. The van der Waals surface area contributed by atoms with E-state index in [-0.39, 0.29) is 5.78 Å². The summed E-state index contributed by atoms with van der Waals surface area (Å²) in [6.45, 7) is 0. The Morgan fingerprint density at radius 1 is 0.900 bits per heavy atom. The number of hydrogen-bond acceptors (Lipinski definition) is 1. The van der Waals surface area contributed by atoms with Gasteiger partial charge in [0.2, 0.25) is 4.33 Å². The first-order chi connectivity index (χ1) is 9.44. The molecule has 0 radical (unpaired) electrons. The molecule has 1 nitrogen and oxygen atoms in total. The highest BCUT2D eigenvalue weighted by Crippen LogP contribution is 2.53. The molecule has 0 spiro atoms. The van der Waals surface area contributed by atoms with Crippen LogP contribution in [0.15, 0.2) is 42.5 Å². The van der Waals surface area contributed by atoms with Crippen molar-refractivity contribution in [1.29, 1.82) is 0 Å². The average molecular weight is 346 g/mol. The van der Waals surface area contributed by atoms with E-state index in [1.54, 1.807) is 30.3 Å². The van der Waals surface area contributed by atoms with Crippen LogP contribution in [0.2, 0.25) is 10.0 Å². The maximum atomic E-state index is 12.6. The summed E-state index contributed by atoms with van der Waals surface area (Å²) < 4.78 is -1.57. The first-order valence-corrected chi connectivity index (χ1v) is 7.41. The number of Topliss-reactive ketones (excluding diaryl/α,β-unsaturated/α-hetero) is 1. The van der Waals surface area contributed by atoms with Gasteiger partial charge in [-0.2, -0.15) is 0 Å². The number of alkyl halides is 2. The molecule has 0 heterocycles. The van der Waals surface area contributed by atoms with E-state index in [0.29, 0.717) is 21.2 Å². The van der Waals surface area contributed by atoms with E-state index >= 15 is 0 Å². The Morgan fingerprint density at radius 3 is 2.15 bits per heavy atom. The second-order valence-corrected chi connectivity index (χ2v) is 6.74. The van der Waals surface area contributed by atoms with Crippen LogP contribution in [0.5, 0.6) is 0 Å². The second-order valence-electron chi connectivity index (χ2n) is 4.59. The number of halogens is 4. The van der Waals surface area contributed by atoms with Crippen LogP contribution in [-0.4, -0.2) is 5.78 Å². The Bertz CT molecular complexity index is 689. The van der Waals surface area contributed by atoms with E-state index in [9.17, 15) is 4.79 Å². The van der Waals surface area contributed by atoms with Gasteiger partial charge < -0.3 is 0 Å². The standard InChI is InChI=1S/C15H8Cl4O/c16-10-6-3-7-11(17)13(10)12-8-4-1-2-5-9(8)15(18,19)14(12)20/h1-7,12H. The third-order valence-electron chi connectivity index (χ3n) is 3.47. The summed E-state index contributed by atoms with van der Waals surface area (Å²) in [6.07, 6.45) is 0. The summed E-state index contributed by atoms with van der Waals surface area (Å²) >= 11 is 24.9. The molecule has 0 bridgehead atoms. The fourth-order valence-corrected chi connectivity index (χ4v) is 3.74. The van der Waals surface area contributed by atoms with Gasteiger partial charge in [-0.05, 0) is 23.3 Å². The van der Waals surface area contributed by atoms with Crippen molar-refractivity contribution in [2.24, 2.45) is 0 Å². The van der Waals surface area contributed by atoms with Crippen LogP contribution in [0.25, 0.3) is 0 Å². The minimum absolute atomic E-state index is 0.322. The van der Waals surface area contributed by atoms with Gasteiger partial charge in [0.25, 0.3) is 0 Å². The van der Waals surface area contributed by atoms with E-state index in [1.165, 1.54) is 0 Å². The van der Waals surface area contributed by atoms with Gasteiger partial charge in [0.1, 0.15) is 0 Å². The van der Waals surface area contributed by atoms with Crippen molar-refractivity contribution in [3.63, 3.8) is 0 Å². The summed E-state index contributed by atoms with van der Waals surface area (Å²) in [5, 5.41) is 0.855. The van der Waals surface area contributed by atoms with Crippen LogP contribution in [0.1, 0.15) is 22.6 Å². The Balaban J connectivity index is 2.29. The summed E-state index contributed by atoms with van der Waals surface area (Å²) in [5.41, 5.74) is 1.89. The van der Waals surface area contributed by atoms with Gasteiger partial charge in [-0.25, -0.2) is 0 Å². The third-order valence-corrected chi connectivity index (χ3v) is 4.91. The van der Waals surface area contributed by atoms with Crippen molar-refractivity contribution in [3.8, 4) is 0 Å². The molecule has 5 heteroatoms. The number of ketones is 1. The van der Waals surface area contributed by atoms with Crippen molar-refractivity contribution in [2.45, 2.75) is 10.3 Å². The minimum Gasteiger partial charge on any atom is -0.295 e. The molecule has 0 saturated carbocycles. The van der Waals surface area contributed by atoms with E-state index in [1.807, 2.05) is 12.1 Å². The lowest BCUT2D eigenvalue weighted by Gasteiger charge is -2.15. The lowest BCUT2D eigenvalue weighted by atomic mass is 9.92. The molecule has 1 aliphatic rings. The zero-order valence-electron chi connectivity index (χ0n) is 10.0. The lowest BCUT2D eigenvalue weighted by molar-refractivity contribution is -0.119. The normalized spacial score (nSPS) is 20.0. The van der Waals surface area contributed by atoms with Crippen LogP contribution in [0, 0.1) is 0 Å². The maximum Gasteiger partial charge on any atom is 0.202 e. The highest BCUT2D eigenvalue weighted by Gasteiger charge is 2.50. The predicted molar refractivity (Wildman–Crippen MR) is 83.1 cm³/mol. The lowest BCUT2D eigenvalue weighted by Crippen LogP contribution is -2.21. The van der Waals surface area contributed by atoms with Crippen LogP contribution in [0.3, 0.4) is 0 Å². The number of carbonyl (C=O) groups is 1. The van der Waals surface area contributed by atoms with Gasteiger partial charge >= 0.3 is 0 Å². The van der Waals surface area contributed by atoms with Gasteiger partial charge in [-0.15, -0.1) is 0 Å². The number of benzene rings is 2. The molecule has 0 aromatic heterocycles. The molecule has 0 fully saturated rings. The van der Waals surface area contributed by atoms with E-state index in [0.717, 1.165) is 5.56 Å². The van der Waals surface area contributed by atoms with Crippen molar-refractivity contribution < 1.29 is 4.79 Å². The SMILES string of the molecule is O=C1C(c2c(Cl)cccc2Cl)c2ccccc2C1(Cl)Cl. The van der Waals surface area contributed by atoms with Crippen LogP contribution < -0.4 is 0 Å². The molecule has 3 rings (SSSR count). The molecule has 1 aliphatic carbocycles. The summed E-state index contributed by atoms with van der Waals surface area (Å²) in [7, 11) is 0. The fraction of sp³-hybridized carbons (Fsp3) is 0.133. The number of rotatable bonds is 1. The molecular formula is C15H8Cl4O. The van der Waals surface area contributed by atoms with Crippen molar-refractivity contribution in [1.82, 2.24) is 0 Å². The van der Waals surface area contributed by atoms with Gasteiger partial charge in [0.05, 0.1) is 5.92 Å². The van der Waals surface area contributed by atoms with Gasteiger partial charge in [-0.3, -0.25) is 4.79 Å². The van der Waals surface area contributed by atoms with E-state index in [2.05, 4.69) is 0 Å². The molecule has 0 saturated heterocycles. The molecule has 2 aromatic rings. The van der Waals surface area contributed by atoms with Crippen LogP contribution in [0.4, 0.5) is 0 Å². The van der Waals surface area contributed by atoms with Crippen molar-refractivity contribution in [3.05, 3.63) is 69.2 Å². The van der Waals surface area contributed by atoms with Crippen molar-refractivity contribution >= 4 is 52.2 Å². The van der Waals surface area contributed by atoms with Crippen molar-refractivity contribution in [2.75, 3.05) is 0 Å². The zero-order chi connectivity index (χ0) is 14.5. The summed E-state index contributed by atoms with van der Waals surface area (Å²) in [5.74, 6) is -0.959. The minimum atomic E-state index is -1.57. The molecule has 2 aromatic carbocycles. The highest BCUT2D eigenvalue weighted by atomic mass is 35.5. The molecule has 1 atom stereocenters. The largest absolute Gasteiger partial charge is 0.295 e. The summed E-state index contributed by atoms with van der Waals surface area (Å²) in [6, 6.07) is 12.3. The zero-order valence-corrected chi connectivity index (χ0v) is 13.1. The van der Waals surface area contributed by atoms with Gasteiger partial charge in [0, 0.05) is 15.6 Å². The molecule has 20 heavy (non-hydrogen) atoms. The Labute approximate surface area is 136 Å². The van der Waals surface area contributed by atoms with Gasteiger partial charge in [-0.1, -0.05) is 76.7 Å².